The highest BCUT2D eigenvalue weighted by atomic mass is 79.9. The van der Waals surface area contributed by atoms with Crippen molar-refractivity contribution in [1.29, 1.82) is 0 Å². The second-order valence-corrected chi connectivity index (χ2v) is 6.97. The number of amides is 1. The third-order valence-electron chi connectivity index (χ3n) is 2.82. The number of carbonyl (C=O) groups is 1. The third kappa shape index (κ3) is 3.22. The van der Waals surface area contributed by atoms with Crippen LogP contribution < -0.4 is 5.32 Å². The predicted octanol–water partition coefficient (Wildman–Crippen LogP) is 3.79. The van der Waals surface area contributed by atoms with Gasteiger partial charge < -0.3 is 5.32 Å². The highest BCUT2D eigenvalue weighted by Gasteiger charge is 2.21. The van der Waals surface area contributed by atoms with Gasteiger partial charge in [-0.25, -0.2) is 0 Å². The molecule has 1 aliphatic carbocycles. The molecule has 1 aromatic rings. The highest BCUT2D eigenvalue weighted by Crippen LogP contribution is 2.24. The van der Waals surface area contributed by atoms with Crippen molar-refractivity contribution >= 4 is 44.8 Å². The number of carbonyl (C=O) groups excluding carboxylic acids is 1. The van der Waals surface area contributed by atoms with Gasteiger partial charge in [0.2, 0.25) is 0 Å². The minimum absolute atomic E-state index is 0.0278. The Morgan fingerprint density at radius 2 is 2.12 bits per heavy atom. The Balaban J connectivity index is 1.88. The van der Waals surface area contributed by atoms with E-state index in [9.17, 15) is 4.79 Å². The zero-order chi connectivity index (χ0) is 11.5. The summed E-state index contributed by atoms with van der Waals surface area (Å²) >= 11 is 10.9. The Bertz CT molecular complexity index is 374. The molecule has 0 aromatic carbocycles. The average molecular weight is 323 g/mol. The van der Waals surface area contributed by atoms with Gasteiger partial charge in [0.05, 0.1) is 9.35 Å². The molecule has 0 radical (unpaired) electrons. The van der Waals surface area contributed by atoms with Crippen LogP contribution in [0.4, 0.5) is 0 Å². The van der Waals surface area contributed by atoms with E-state index in [1.807, 2.05) is 11.4 Å². The number of alkyl halides is 1. The molecule has 0 bridgehead atoms. The van der Waals surface area contributed by atoms with E-state index >= 15 is 0 Å². The lowest BCUT2D eigenvalue weighted by atomic mass is 9.95. The Kier molecular flexibility index (Phi) is 4.27. The van der Waals surface area contributed by atoms with Gasteiger partial charge in [0.15, 0.2) is 0 Å². The summed E-state index contributed by atoms with van der Waals surface area (Å²) in [5.41, 5.74) is 0.741. The summed E-state index contributed by atoms with van der Waals surface area (Å²) < 4.78 is 0.988. The molecular formula is C11H13BrClNOS. The van der Waals surface area contributed by atoms with E-state index in [2.05, 4.69) is 21.2 Å². The van der Waals surface area contributed by atoms with Crippen LogP contribution in [0.2, 0.25) is 0 Å². The molecule has 1 aromatic heterocycles. The van der Waals surface area contributed by atoms with Crippen molar-refractivity contribution in [2.24, 2.45) is 0 Å². The molecule has 1 fully saturated rings. The van der Waals surface area contributed by atoms with E-state index in [0.717, 1.165) is 35.0 Å². The van der Waals surface area contributed by atoms with E-state index in [1.165, 1.54) is 11.3 Å². The lowest BCUT2D eigenvalue weighted by Crippen LogP contribution is -2.37. The minimum atomic E-state index is 0.0278. The molecule has 0 aliphatic heterocycles. The SMILES string of the molecule is O=C(NC1CCC(Cl)CC1)c1csc(Br)c1. The van der Waals surface area contributed by atoms with Gasteiger partial charge in [0.1, 0.15) is 0 Å². The molecule has 1 saturated carbocycles. The van der Waals surface area contributed by atoms with Crippen LogP contribution in [0.25, 0.3) is 0 Å². The van der Waals surface area contributed by atoms with Gasteiger partial charge in [0.25, 0.3) is 5.91 Å². The molecule has 2 rings (SSSR count). The normalized spacial score (nSPS) is 25.4. The first-order valence-corrected chi connectivity index (χ1v) is 7.45. The van der Waals surface area contributed by atoms with Crippen LogP contribution in [0.5, 0.6) is 0 Å². The number of halogens is 2. The van der Waals surface area contributed by atoms with E-state index in [-0.39, 0.29) is 5.91 Å². The molecule has 1 aliphatic rings. The van der Waals surface area contributed by atoms with E-state index < -0.39 is 0 Å². The van der Waals surface area contributed by atoms with Crippen LogP contribution in [-0.2, 0) is 0 Å². The summed E-state index contributed by atoms with van der Waals surface area (Å²) in [4.78, 5) is 11.8. The molecule has 0 unspecified atom stereocenters. The molecule has 16 heavy (non-hydrogen) atoms. The first-order chi connectivity index (χ1) is 7.65. The van der Waals surface area contributed by atoms with Crippen LogP contribution >= 0.6 is 38.9 Å². The van der Waals surface area contributed by atoms with E-state index in [0.29, 0.717) is 11.4 Å². The lowest BCUT2D eigenvalue weighted by molar-refractivity contribution is 0.0928. The fourth-order valence-corrected chi connectivity index (χ4v) is 3.28. The van der Waals surface area contributed by atoms with Crippen molar-refractivity contribution < 1.29 is 4.79 Å². The predicted molar refractivity (Wildman–Crippen MR) is 71.4 cm³/mol. The zero-order valence-corrected chi connectivity index (χ0v) is 11.9. The molecular weight excluding hydrogens is 310 g/mol. The maximum Gasteiger partial charge on any atom is 0.252 e. The third-order valence-corrected chi connectivity index (χ3v) is 4.76. The highest BCUT2D eigenvalue weighted by molar-refractivity contribution is 9.11. The summed E-state index contributed by atoms with van der Waals surface area (Å²) in [5.74, 6) is 0.0278. The number of thiophene rings is 1. The van der Waals surface area contributed by atoms with Crippen LogP contribution in [0, 0.1) is 0 Å². The van der Waals surface area contributed by atoms with Gasteiger partial charge in [0, 0.05) is 16.8 Å². The fraction of sp³-hybridized carbons (Fsp3) is 0.545. The second-order valence-electron chi connectivity index (χ2n) is 4.06. The van der Waals surface area contributed by atoms with Crippen molar-refractivity contribution in [3.8, 4) is 0 Å². The van der Waals surface area contributed by atoms with Crippen LogP contribution in [0.3, 0.4) is 0 Å². The number of rotatable bonds is 2. The lowest BCUT2D eigenvalue weighted by Gasteiger charge is -2.25. The molecule has 1 N–H and O–H groups in total. The Hall–Kier alpha value is -0.0600. The van der Waals surface area contributed by atoms with Crippen molar-refractivity contribution in [2.45, 2.75) is 37.1 Å². The Labute approximate surface area is 113 Å². The van der Waals surface area contributed by atoms with Crippen molar-refractivity contribution in [3.05, 3.63) is 20.8 Å². The van der Waals surface area contributed by atoms with Gasteiger partial charge in [-0.2, -0.15) is 0 Å². The summed E-state index contributed by atoms with van der Waals surface area (Å²) in [6.45, 7) is 0. The smallest absolute Gasteiger partial charge is 0.252 e. The van der Waals surface area contributed by atoms with Crippen LogP contribution in [-0.4, -0.2) is 17.3 Å². The largest absolute Gasteiger partial charge is 0.349 e. The van der Waals surface area contributed by atoms with E-state index in [1.54, 1.807) is 0 Å². The minimum Gasteiger partial charge on any atom is -0.349 e. The van der Waals surface area contributed by atoms with E-state index in [4.69, 9.17) is 11.6 Å². The molecule has 0 spiro atoms. The fourth-order valence-electron chi connectivity index (χ4n) is 1.89. The Morgan fingerprint density at radius 1 is 1.44 bits per heavy atom. The van der Waals surface area contributed by atoms with Gasteiger partial charge in [-0.3, -0.25) is 4.79 Å². The molecule has 2 nitrogen and oxygen atoms in total. The summed E-state index contributed by atoms with van der Waals surface area (Å²) in [7, 11) is 0. The second kappa shape index (κ2) is 5.52. The Morgan fingerprint density at radius 3 is 2.69 bits per heavy atom. The molecule has 0 saturated heterocycles. The maximum atomic E-state index is 11.8. The number of hydrogen-bond donors (Lipinski definition) is 1. The standard InChI is InChI=1S/C11H13BrClNOS/c12-10-5-7(6-16-10)11(15)14-9-3-1-8(13)2-4-9/h5-6,8-9H,1-4H2,(H,14,15). The van der Waals surface area contributed by atoms with Crippen molar-refractivity contribution in [3.63, 3.8) is 0 Å². The van der Waals surface area contributed by atoms with Gasteiger partial charge in [-0.15, -0.1) is 22.9 Å². The summed E-state index contributed by atoms with van der Waals surface area (Å²) in [6.07, 6.45) is 3.98. The molecule has 0 atom stereocenters. The number of nitrogens with one attached hydrogen (secondary N) is 1. The molecule has 1 heterocycles. The quantitative estimate of drug-likeness (QED) is 0.825. The summed E-state index contributed by atoms with van der Waals surface area (Å²) in [5, 5.41) is 5.22. The van der Waals surface area contributed by atoms with Gasteiger partial charge in [-0.05, 0) is 47.7 Å². The van der Waals surface area contributed by atoms with Crippen molar-refractivity contribution in [1.82, 2.24) is 5.32 Å². The number of hydrogen-bond acceptors (Lipinski definition) is 2. The topological polar surface area (TPSA) is 29.1 Å². The zero-order valence-electron chi connectivity index (χ0n) is 8.71. The monoisotopic (exact) mass is 321 g/mol. The van der Waals surface area contributed by atoms with Crippen LogP contribution in [0.15, 0.2) is 15.2 Å². The van der Waals surface area contributed by atoms with Crippen molar-refractivity contribution in [2.75, 3.05) is 0 Å². The van der Waals surface area contributed by atoms with Gasteiger partial charge in [-0.1, -0.05) is 0 Å². The van der Waals surface area contributed by atoms with Gasteiger partial charge >= 0.3 is 0 Å². The molecule has 5 heteroatoms. The average Bonchev–Trinajstić information content (AvgIpc) is 2.68. The van der Waals surface area contributed by atoms with Crippen LogP contribution in [0.1, 0.15) is 36.0 Å². The maximum absolute atomic E-state index is 11.8. The molecule has 88 valence electrons. The summed E-state index contributed by atoms with van der Waals surface area (Å²) in [6, 6.07) is 2.15. The molecule has 1 amide bonds. The first kappa shape index (κ1) is 12.4. The first-order valence-electron chi connectivity index (χ1n) is 5.34.